The van der Waals surface area contributed by atoms with Gasteiger partial charge in [0, 0.05) is 40.7 Å². The molecule has 1 amide bonds. The summed E-state index contributed by atoms with van der Waals surface area (Å²) in [5.41, 5.74) is 2.49. The molecule has 0 atom stereocenters. The number of sulfonamides is 1. The normalized spacial score (nSPS) is 14.1. The zero-order chi connectivity index (χ0) is 22.6. The van der Waals surface area contributed by atoms with Crippen LogP contribution in [-0.4, -0.2) is 40.6 Å². The van der Waals surface area contributed by atoms with Crippen molar-refractivity contribution in [3.63, 3.8) is 0 Å². The summed E-state index contributed by atoms with van der Waals surface area (Å²) in [5.74, 6) is -0.321. The van der Waals surface area contributed by atoms with Crippen LogP contribution >= 0.6 is 11.6 Å². The Hall–Kier alpha value is -3.07. The second kappa shape index (κ2) is 9.60. The number of anilines is 3. The second-order valence-electron chi connectivity index (χ2n) is 7.24. The van der Waals surface area contributed by atoms with E-state index >= 15 is 0 Å². The molecule has 0 aliphatic carbocycles. The molecule has 0 bridgehead atoms. The zero-order valence-electron chi connectivity index (χ0n) is 17.1. The Morgan fingerprint density at radius 3 is 2.06 bits per heavy atom. The highest BCUT2D eigenvalue weighted by atomic mass is 35.5. The Morgan fingerprint density at radius 1 is 0.844 bits per heavy atom. The van der Waals surface area contributed by atoms with Gasteiger partial charge in [0.05, 0.1) is 18.1 Å². The van der Waals surface area contributed by atoms with Gasteiger partial charge in [0.1, 0.15) is 0 Å². The highest BCUT2D eigenvalue weighted by molar-refractivity contribution is 7.92. The number of carbonyl (C=O) groups excluding carboxylic acids is 1. The Morgan fingerprint density at radius 2 is 1.44 bits per heavy atom. The van der Waals surface area contributed by atoms with Gasteiger partial charge in [0.15, 0.2) is 0 Å². The molecule has 4 rings (SSSR count). The molecule has 0 radical (unpaired) electrons. The predicted molar refractivity (Wildman–Crippen MR) is 126 cm³/mol. The summed E-state index contributed by atoms with van der Waals surface area (Å²) in [6, 6.07) is 19.7. The lowest BCUT2D eigenvalue weighted by atomic mass is 10.2. The Labute approximate surface area is 192 Å². The first-order chi connectivity index (χ1) is 15.4. The van der Waals surface area contributed by atoms with Crippen LogP contribution in [0, 0.1) is 0 Å². The smallest absolute Gasteiger partial charge is 0.261 e. The molecule has 32 heavy (non-hydrogen) atoms. The molecular weight excluding hydrogens is 450 g/mol. The maximum Gasteiger partial charge on any atom is 0.261 e. The average Bonchev–Trinajstić information content (AvgIpc) is 2.81. The van der Waals surface area contributed by atoms with Crippen molar-refractivity contribution in [1.82, 2.24) is 0 Å². The summed E-state index contributed by atoms with van der Waals surface area (Å²) >= 11 is 5.83. The number of benzene rings is 3. The van der Waals surface area contributed by atoms with Crippen LogP contribution in [-0.2, 0) is 14.8 Å². The molecule has 2 N–H and O–H groups in total. The summed E-state index contributed by atoms with van der Waals surface area (Å²) < 4.78 is 33.0. The highest BCUT2D eigenvalue weighted by Crippen LogP contribution is 2.21. The van der Waals surface area contributed by atoms with Gasteiger partial charge in [-0.15, -0.1) is 0 Å². The molecular formula is C23H22ClN3O4S. The van der Waals surface area contributed by atoms with Gasteiger partial charge in [0.2, 0.25) is 0 Å². The number of nitrogens with zero attached hydrogens (tertiary/aromatic N) is 1. The number of rotatable bonds is 6. The highest BCUT2D eigenvalue weighted by Gasteiger charge is 2.16. The molecule has 7 nitrogen and oxygen atoms in total. The summed E-state index contributed by atoms with van der Waals surface area (Å²) in [7, 11) is -3.78. The van der Waals surface area contributed by atoms with Gasteiger partial charge < -0.3 is 15.0 Å². The van der Waals surface area contributed by atoms with Crippen LogP contribution in [0.25, 0.3) is 0 Å². The van der Waals surface area contributed by atoms with Crippen molar-refractivity contribution in [3.05, 3.63) is 83.4 Å². The van der Waals surface area contributed by atoms with Crippen molar-refractivity contribution in [2.24, 2.45) is 0 Å². The number of carbonyl (C=O) groups is 1. The van der Waals surface area contributed by atoms with E-state index in [4.69, 9.17) is 16.3 Å². The van der Waals surface area contributed by atoms with E-state index in [1.165, 1.54) is 24.3 Å². The molecule has 1 aliphatic rings. The van der Waals surface area contributed by atoms with E-state index in [0.717, 1.165) is 18.8 Å². The number of hydrogen-bond donors (Lipinski definition) is 2. The van der Waals surface area contributed by atoms with Crippen LogP contribution in [0.5, 0.6) is 0 Å². The molecule has 0 aromatic heterocycles. The van der Waals surface area contributed by atoms with Crippen molar-refractivity contribution >= 4 is 44.6 Å². The third-order valence-electron chi connectivity index (χ3n) is 5.02. The number of halogens is 1. The monoisotopic (exact) mass is 471 g/mol. The van der Waals surface area contributed by atoms with Gasteiger partial charge in [-0.25, -0.2) is 8.42 Å². The topological polar surface area (TPSA) is 87.7 Å². The van der Waals surface area contributed by atoms with Crippen molar-refractivity contribution in [2.75, 3.05) is 41.2 Å². The van der Waals surface area contributed by atoms with Crippen LogP contribution in [0.2, 0.25) is 5.02 Å². The maximum atomic E-state index is 12.6. The van der Waals surface area contributed by atoms with Gasteiger partial charge in [-0.2, -0.15) is 0 Å². The summed E-state index contributed by atoms with van der Waals surface area (Å²) in [6.45, 7) is 3.10. The van der Waals surface area contributed by atoms with E-state index < -0.39 is 10.0 Å². The Balaban J connectivity index is 1.39. The molecule has 9 heteroatoms. The quantitative estimate of drug-likeness (QED) is 0.561. The van der Waals surface area contributed by atoms with Gasteiger partial charge in [0.25, 0.3) is 15.9 Å². The van der Waals surface area contributed by atoms with Crippen LogP contribution in [0.15, 0.2) is 77.7 Å². The summed E-state index contributed by atoms with van der Waals surface area (Å²) in [4.78, 5) is 14.9. The van der Waals surface area contributed by atoms with E-state index in [1.54, 1.807) is 24.3 Å². The van der Waals surface area contributed by atoms with E-state index in [0.29, 0.717) is 35.2 Å². The fourth-order valence-electron chi connectivity index (χ4n) is 3.30. The average molecular weight is 472 g/mol. The van der Waals surface area contributed by atoms with Gasteiger partial charge in [-0.05, 0) is 72.8 Å². The molecule has 166 valence electrons. The zero-order valence-corrected chi connectivity index (χ0v) is 18.7. The lowest BCUT2D eigenvalue weighted by Crippen LogP contribution is -2.36. The van der Waals surface area contributed by atoms with Crippen molar-refractivity contribution in [1.29, 1.82) is 0 Å². The molecule has 3 aromatic rings. The van der Waals surface area contributed by atoms with E-state index in [9.17, 15) is 13.2 Å². The summed E-state index contributed by atoms with van der Waals surface area (Å²) in [5, 5.41) is 3.34. The third-order valence-corrected chi connectivity index (χ3v) is 6.67. The number of ether oxygens (including phenoxy) is 1. The van der Waals surface area contributed by atoms with Crippen LogP contribution < -0.4 is 14.9 Å². The van der Waals surface area contributed by atoms with Crippen molar-refractivity contribution in [2.45, 2.75) is 4.90 Å². The minimum atomic E-state index is -3.78. The van der Waals surface area contributed by atoms with Crippen LogP contribution in [0.1, 0.15) is 10.4 Å². The van der Waals surface area contributed by atoms with Crippen molar-refractivity contribution in [3.8, 4) is 0 Å². The summed E-state index contributed by atoms with van der Waals surface area (Å²) in [6.07, 6.45) is 0. The second-order valence-corrected chi connectivity index (χ2v) is 9.36. The first-order valence-electron chi connectivity index (χ1n) is 10.0. The first-order valence-corrected chi connectivity index (χ1v) is 11.9. The number of hydrogen-bond acceptors (Lipinski definition) is 5. The number of morpholine rings is 1. The Bertz CT molecular complexity index is 1180. The Kier molecular flexibility index (Phi) is 6.64. The molecule has 3 aromatic carbocycles. The molecule has 1 saturated heterocycles. The first kappa shape index (κ1) is 22.1. The third kappa shape index (κ3) is 5.40. The molecule has 0 saturated carbocycles. The van der Waals surface area contributed by atoms with Gasteiger partial charge >= 0.3 is 0 Å². The van der Waals surface area contributed by atoms with E-state index in [2.05, 4.69) is 14.9 Å². The minimum Gasteiger partial charge on any atom is -0.378 e. The molecule has 0 spiro atoms. The van der Waals surface area contributed by atoms with Gasteiger partial charge in [-0.1, -0.05) is 11.6 Å². The SMILES string of the molecule is O=C(Nc1ccc(N2CCOCC2)cc1)c1ccc(S(=O)(=O)Nc2ccc(Cl)cc2)cc1. The maximum absolute atomic E-state index is 12.6. The molecule has 0 unspecified atom stereocenters. The standard InChI is InChI=1S/C23H22ClN3O4S/c24-18-3-5-20(6-4-18)26-32(29,30)22-11-1-17(2-12-22)23(28)25-19-7-9-21(10-8-19)27-13-15-31-16-14-27/h1-12,26H,13-16H2,(H,25,28). The minimum absolute atomic E-state index is 0.0545. The number of amides is 1. The largest absolute Gasteiger partial charge is 0.378 e. The van der Waals surface area contributed by atoms with Crippen LogP contribution in [0.4, 0.5) is 17.1 Å². The lowest BCUT2D eigenvalue weighted by Gasteiger charge is -2.28. The molecule has 1 aliphatic heterocycles. The number of nitrogens with one attached hydrogen (secondary N) is 2. The molecule has 1 heterocycles. The lowest BCUT2D eigenvalue weighted by molar-refractivity contribution is 0.102. The van der Waals surface area contributed by atoms with Crippen molar-refractivity contribution < 1.29 is 17.9 Å². The van der Waals surface area contributed by atoms with E-state index in [1.807, 2.05) is 24.3 Å². The van der Waals surface area contributed by atoms with Gasteiger partial charge in [-0.3, -0.25) is 9.52 Å². The fourth-order valence-corrected chi connectivity index (χ4v) is 4.48. The fraction of sp³-hybridized carbons (Fsp3) is 0.174. The molecule has 1 fully saturated rings. The van der Waals surface area contributed by atoms with Crippen LogP contribution in [0.3, 0.4) is 0 Å². The van der Waals surface area contributed by atoms with E-state index in [-0.39, 0.29) is 10.8 Å². The predicted octanol–water partition coefficient (Wildman–Crippen LogP) is 4.23.